The number of hydrogen-bond acceptors (Lipinski definition) is 2. The summed E-state index contributed by atoms with van der Waals surface area (Å²) in [4.78, 5) is 2.55. The fourth-order valence-corrected chi connectivity index (χ4v) is 1.92. The van der Waals surface area contributed by atoms with Crippen LogP contribution < -0.4 is 5.73 Å². The molecule has 0 radical (unpaired) electrons. The van der Waals surface area contributed by atoms with E-state index in [9.17, 15) is 0 Å². The van der Waals surface area contributed by atoms with Crippen molar-refractivity contribution in [3.8, 4) is 0 Å². The van der Waals surface area contributed by atoms with Gasteiger partial charge in [-0.05, 0) is 26.7 Å². The van der Waals surface area contributed by atoms with Gasteiger partial charge in [0.05, 0.1) is 0 Å². The molecule has 0 aliphatic carbocycles. The molecule has 0 heterocycles. The Bertz CT molecular complexity index is 125. The summed E-state index contributed by atoms with van der Waals surface area (Å²) < 4.78 is 0. The van der Waals surface area contributed by atoms with Crippen LogP contribution in [0.2, 0.25) is 0 Å². The Hall–Kier alpha value is -0.0800. The lowest BCUT2D eigenvalue weighted by Gasteiger charge is -2.34. The highest BCUT2D eigenvalue weighted by molar-refractivity contribution is 4.73. The summed E-state index contributed by atoms with van der Waals surface area (Å²) in [5.74, 6) is 0. The summed E-state index contributed by atoms with van der Waals surface area (Å²) in [6, 6.07) is 1.36. The van der Waals surface area contributed by atoms with Gasteiger partial charge in [-0.3, -0.25) is 4.90 Å². The third-order valence-electron chi connectivity index (χ3n) is 3.09. The molecule has 0 spiro atoms. The van der Waals surface area contributed by atoms with E-state index in [1.807, 2.05) is 0 Å². The van der Waals surface area contributed by atoms with Crippen molar-refractivity contribution in [2.75, 3.05) is 13.1 Å². The topological polar surface area (TPSA) is 29.3 Å². The van der Waals surface area contributed by atoms with Crippen LogP contribution in [-0.4, -0.2) is 30.1 Å². The van der Waals surface area contributed by atoms with E-state index in [1.165, 1.54) is 25.7 Å². The van der Waals surface area contributed by atoms with Crippen molar-refractivity contribution in [3.05, 3.63) is 0 Å². The zero-order chi connectivity index (χ0) is 11.0. The Morgan fingerprint density at radius 2 is 1.79 bits per heavy atom. The van der Waals surface area contributed by atoms with Crippen molar-refractivity contribution in [2.24, 2.45) is 5.73 Å². The summed E-state index contributed by atoms with van der Waals surface area (Å²) in [7, 11) is 0. The van der Waals surface area contributed by atoms with Crippen LogP contribution in [0.5, 0.6) is 0 Å². The zero-order valence-electron chi connectivity index (χ0n) is 10.4. The fraction of sp³-hybridized carbons (Fsp3) is 1.00. The van der Waals surface area contributed by atoms with Crippen LogP contribution >= 0.6 is 0 Å². The molecule has 0 aromatic carbocycles. The molecule has 0 bridgehead atoms. The minimum Gasteiger partial charge on any atom is -0.329 e. The molecule has 0 fully saturated rings. The van der Waals surface area contributed by atoms with Crippen LogP contribution in [-0.2, 0) is 0 Å². The minimum absolute atomic E-state index is 0.672. The predicted octanol–water partition coefficient (Wildman–Crippen LogP) is 2.62. The first kappa shape index (κ1) is 13.9. The number of rotatable bonds is 8. The Morgan fingerprint density at radius 1 is 1.14 bits per heavy atom. The van der Waals surface area contributed by atoms with E-state index in [2.05, 4.69) is 32.6 Å². The van der Waals surface area contributed by atoms with Gasteiger partial charge in [0.1, 0.15) is 0 Å². The van der Waals surface area contributed by atoms with Gasteiger partial charge in [0.15, 0.2) is 0 Å². The van der Waals surface area contributed by atoms with Gasteiger partial charge in [-0.2, -0.15) is 0 Å². The van der Waals surface area contributed by atoms with E-state index >= 15 is 0 Å². The molecule has 0 aromatic heterocycles. The lowest BCUT2D eigenvalue weighted by Crippen LogP contribution is -2.42. The van der Waals surface area contributed by atoms with Gasteiger partial charge in [-0.15, -0.1) is 0 Å². The average Bonchev–Trinajstić information content (AvgIpc) is 2.21. The maximum atomic E-state index is 5.65. The number of hydrogen-bond donors (Lipinski definition) is 1. The maximum absolute atomic E-state index is 5.65. The molecule has 86 valence electrons. The Kier molecular flexibility index (Phi) is 8.20. The molecular weight excluding hydrogens is 172 g/mol. The molecule has 0 amide bonds. The van der Waals surface area contributed by atoms with E-state index in [0.717, 1.165) is 13.1 Å². The smallest absolute Gasteiger partial charge is 0.0110 e. The van der Waals surface area contributed by atoms with E-state index < -0.39 is 0 Å². The highest BCUT2D eigenvalue weighted by atomic mass is 15.2. The first-order valence-electron chi connectivity index (χ1n) is 6.13. The molecule has 0 saturated carbocycles. The van der Waals surface area contributed by atoms with Gasteiger partial charge in [0, 0.05) is 25.2 Å². The van der Waals surface area contributed by atoms with Gasteiger partial charge >= 0.3 is 0 Å². The van der Waals surface area contributed by atoms with E-state index in [0.29, 0.717) is 12.1 Å². The summed E-state index contributed by atoms with van der Waals surface area (Å²) in [5.41, 5.74) is 5.65. The van der Waals surface area contributed by atoms with Crippen molar-refractivity contribution < 1.29 is 0 Å². The minimum atomic E-state index is 0.672. The third-order valence-corrected chi connectivity index (χ3v) is 3.09. The van der Waals surface area contributed by atoms with E-state index in [4.69, 9.17) is 5.73 Å². The first-order chi connectivity index (χ1) is 6.67. The molecule has 2 unspecified atom stereocenters. The van der Waals surface area contributed by atoms with Crippen LogP contribution in [0.4, 0.5) is 0 Å². The highest BCUT2D eigenvalue weighted by Crippen LogP contribution is 2.13. The normalized spacial score (nSPS) is 15.9. The van der Waals surface area contributed by atoms with Crippen molar-refractivity contribution >= 4 is 0 Å². The molecule has 14 heavy (non-hydrogen) atoms. The van der Waals surface area contributed by atoms with Crippen LogP contribution in [0.3, 0.4) is 0 Å². The van der Waals surface area contributed by atoms with E-state index in [-0.39, 0.29) is 0 Å². The molecule has 2 nitrogen and oxygen atoms in total. The maximum Gasteiger partial charge on any atom is 0.0110 e. The molecule has 2 heteroatoms. The average molecular weight is 200 g/mol. The molecule has 2 atom stereocenters. The third kappa shape index (κ3) is 4.97. The Labute approximate surface area is 89.9 Å². The molecule has 2 N–H and O–H groups in total. The SMILES string of the molecule is CCCCC(C)N(CCN)C(C)CC. The largest absolute Gasteiger partial charge is 0.329 e. The number of nitrogens with two attached hydrogens (primary N) is 1. The summed E-state index contributed by atoms with van der Waals surface area (Å²) in [5, 5.41) is 0. The lowest BCUT2D eigenvalue weighted by molar-refractivity contribution is 0.145. The van der Waals surface area contributed by atoms with Crippen LogP contribution in [0.15, 0.2) is 0 Å². The van der Waals surface area contributed by atoms with Gasteiger partial charge in [0.2, 0.25) is 0 Å². The molecule has 0 aliphatic rings. The van der Waals surface area contributed by atoms with Gasteiger partial charge in [-0.25, -0.2) is 0 Å². The zero-order valence-corrected chi connectivity index (χ0v) is 10.4. The van der Waals surface area contributed by atoms with Gasteiger partial charge in [0.25, 0.3) is 0 Å². The molecule has 0 aliphatic heterocycles. The summed E-state index contributed by atoms with van der Waals surface area (Å²) >= 11 is 0. The highest BCUT2D eigenvalue weighted by Gasteiger charge is 2.17. The second kappa shape index (κ2) is 8.25. The molecule has 0 aromatic rings. The van der Waals surface area contributed by atoms with Gasteiger partial charge in [-0.1, -0.05) is 26.7 Å². The Balaban J connectivity index is 4.03. The Morgan fingerprint density at radius 3 is 2.21 bits per heavy atom. The molecule has 0 saturated heterocycles. The molecule has 0 rings (SSSR count). The van der Waals surface area contributed by atoms with Crippen LogP contribution in [0, 0.1) is 0 Å². The standard InChI is InChI=1S/C12H28N2/c1-5-7-8-12(4)14(10-9-13)11(3)6-2/h11-12H,5-10,13H2,1-4H3. The van der Waals surface area contributed by atoms with Crippen molar-refractivity contribution in [1.82, 2.24) is 4.90 Å². The number of unbranched alkanes of at least 4 members (excludes halogenated alkanes) is 1. The quantitative estimate of drug-likeness (QED) is 0.652. The lowest BCUT2D eigenvalue weighted by atomic mass is 10.1. The van der Waals surface area contributed by atoms with Gasteiger partial charge < -0.3 is 5.73 Å². The van der Waals surface area contributed by atoms with Crippen LogP contribution in [0.25, 0.3) is 0 Å². The summed E-state index contributed by atoms with van der Waals surface area (Å²) in [6.45, 7) is 11.0. The second-order valence-corrected chi connectivity index (χ2v) is 4.28. The predicted molar refractivity (Wildman–Crippen MR) is 64.5 cm³/mol. The van der Waals surface area contributed by atoms with Crippen LogP contribution in [0.1, 0.15) is 53.4 Å². The monoisotopic (exact) mass is 200 g/mol. The van der Waals surface area contributed by atoms with Crippen molar-refractivity contribution in [1.29, 1.82) is 0 Å². The van der Waals surface area contributed by atoms with Crippen molar-refractivity contribution in [2.45, 2.75) is 65.5 Å². The molecular formula is C12H28N2. The summed E-state index contributed by atoms with van der Waals surface area (Å²) in [6.07, 6.45) is 5.15. The second-order valence-electron chi connectivity index (χ2n) is 4.28. The van der Waals surface area contributed by atoms with E-state index in [1.54, 1.807) is 0 Å². The number of nitrogens with zero attached hydrogens (tertiary/aromatic N) is 1. The van der Waals surface area contributed by atoms with Crippen molar-refractivity contribution in [3.63, 3.8) is 0 Å². The first-order valence-corrected chi connectivity index (χ1v) is 6.13. The fourth-order valence-electron chi connectivity index (χ4n) is 1.92.